The summed E-state index contributed by atoms with van der Waals surface area (Å²) < 4.78 is 26.3. The Labute approximate surface area is 116 Å². The molecular weight excluding hydrogens is 316 g/mol. The van der Waals surface area contributed by atoms with Gasteiger partial charge in [-0.2, -0.15) is 5.26 Å². The van der Waals surface area contributed by atoms with E-state index < -0.39 is 10.0 Å². The second-order valence-corrected chi connectivity index (χ2v) is 6.12. The average molecular weight is 331 g/mol. The molecule has 18 heavy (non-hydrogen) atoms. The van der Waals surface area contributed by atoms with Gasteiger partial charge in [0.15, 0.2) is 0 Å². The van der Waals surface area contributed by atoms with Crippen molar-refractivity contribution in [2.24, 2.45) is 0 Å². The minimum Gasteiger partial charge on any atom is -0.211 e. The van der Waals surface area contributed by atoms with E-state index in [-0.39, 0.29) is 4.90 Å². The van der Waals surface area contributed by atoms with E-state index in [1.807, 2.05) is 6.07 Å². The molecule has 0 aliphatic rings. The van der Waals surface area contributed by atoms with E-state index in [9.17, 15) is 8.42 Å². The molecule has 0 aliphatic carbocycles. The van der Waals surface area contributed by atoms with Crippen molar-refractivity contribution >= 4 is 26.0 Å². The van der Waals surface area contributed by atoms with Crippen molar-refractivity contribution in [2.75, 3.05) is 6.54 Å². The van der Waals surface area contributed by atoms with Crippen LogP contribution in [0.15, 0.2) is 29.2 Å². The minimum atomic E-state index is -3.42. The molecule has 0 unspecified atom stereocenters. The van der Waals surface area contributed by atoms with Gasteiger partial charge in [0.25, 0.3) is 0 Å². The lowest BCUT2D eigenvalue weighted by Gasteiger charge is -2.06. The monoisotopic (exact) mass is 330 g/mol. The Morgan fingerprint density at radius 2 is 1.89 bits per heavy atom. The molecule has 0 saturated carbocycles. The van der Waals surface area contributed by atoms with E-state index >= 15 is 0 Å². The number of hydrogen-bond acceptors (Lipinski definition) is 3. The molecular formula is C12H15BrN2O2S. The number of nitrogens with one attached hydrogen (secondary N) is 1. The number of nitriles is 1. The molecule has 0 aliphatic heterocycles. The molecule has 1 rings (SSSR count). The molecule has 98 valence electrons. The van der Waals surface area contributed by atoms with Crippen molar-refractivity contribution in [3.8, 4) is 6.07 Å². The Bertz CT molecular complexity index is 506. The lowest BCUT2D eigenvalue weighted by Crippen LogP contribution is -2.24. The SMILES string of the molecule is N#CCCCCNS(=O)(=O)c1ccc(CBr)cc1. The topological polar surface area (TPSA) is 70.0 Å². The summed E-state index contributed by atoms with van der Waals surface area (Å²) in [4.78, 5) is 0.271. The van der Waals surface area contributed by atoms with Crippen molar-refractivity contribution in [3.63, 3.8) is 0 Å². The highest BCUT2D eigenvalue weighted by Gasteiger charge is 2.12. The van der Waals surface area contributed by atoms with Crippen LogP contribution >= 0.6 is 15.9 Å². The molecule has 1 aromatic rings. The zero-order chi connectivity index (χ0) is 13.4. The van der Waals surface area contributed by atoms with Gasteiger partial charge in [0, 0.05) is 18.3 Å². The maximum Gasteiger partial charge on any atom is 0.240 e. The molecule has 1 N–H and O–H groups in total. The summed E-state index contributed by atoms with van der Waals surface area (Å²) >= 11 is 3.31. The first-order valence-corrected chi connectivity index (χ1v) is 8.22. The number of benzene rings is 1. The van der Waals surface area contributed by atoms with Gasteiger partial charge in [-0.1, -0.05) is 28.1 Å². The van der Waals surface area contributed by atoms with Crippen molar-refractivity contribution < 1.29 is 8.42 Å². The standard InChI is InChI=1S/C12H15BrN2O2S/c13-10-11-4-6-12(7-5-11)18(16,17)15-9-3-1-2-8-14/h4-7,15H,1-3,9-10H2. The molecule has 0 heterocycles. The number of nitrogens with zero attached hydrogens (tertiary/aromatic N) is 1. The van der Waals surface area contributed by atoms with Crippen LogP contribution in [0.2, 0.25) is 0 Å². The maximum atomic E-state index is 11.9. The molecule has 0 saturated heterocycles. The van der Waals surface area contributed by atoms with Gasteiger partial charge in [-0.05, 0) is 30.5 Å². The van der Waals surface area contributed by atoms with Gasteiger partial charge in [0.2, 0.25) is 10.0 Å². The zero-order valence-corrected chi connectivity index (χ0v) is 12.3. The van der Waals surface area contributed by atoms with E-state index in [0.717, 1.165) is 5.56 Å². The van der Waals surface area contributed by atoms with Crippen LogP contribution in [-0.4, -0.2) is 15.0 Å². The lowest BCUT2D eigenvalue weighted by molar-refractivity contribution is 0.577. The highest BCUT2D eigenvalue weighted by atomic mass is 79.9. The molecule has 0 amide bonds. The first-order valence-electron chi connectivity index (χ1n) is 5.61. The third kappa shape index (κ3) is 4.77. The number of rotatable bonds is 7. The highest BCUT2D eigenvalue weighted by molar-refractivity contribution is 9.08. The highest BCUT2D eigenvalue weighted by Crippen LogP contribution is 2.12. The summed E-state index contributed by atoms with van der Waals surface area (Å²) in [5.41, 5.74) is 1.03. The number of alkyl halides is 1. The van der Waals surface area contributed by atoms with Crippen molar-refractivity contribution in [1.82, 2.24) is 4.72 Å². The van der Waals surface area contributed by atoms with Crippen LogP contribution in [0.5, 0.6) is 0 Å². The molecule has 0 bridgehead atoms. The van der Waals surface area contributed by atoms with Crippen LogP contribution in [0.25, 0.3) is 0 Å². The van der Waals surface area contributed by atoms with Crippen molar-refractivity contribution in [2.45, 2.75) is 29.5 Å². The number of unbranched alkanes of at least 4 members (excludes halogenated alkanes) is 2. The quantitative estimate of drug-likeness (QED) is 0.617. The fraction of sp³-hybridized carbons (Fsp3) is 0.417. The number of sulfonamides is 1. The first-order chi connectivity index (χ1) is 8.60. The van der Waals surface area contributed by atoms with Gasteiger partial charge in [-0.3, -0.25) is 0 Å². The van der Waals surface area contributed by atoms with Crippen LogP contribution in [0, 0.1) is 11.3 Å². The average Bonchev–Trinajstić information content (AvgIpc) is 2.38. The van der Waals surface area contributed by atoms with E-state index in [2.05, 4.69) is 20.7 Å². The molecule has 1 aromatic carbocycles. The van der Waals surface area contributed by atoms with Crippen LogP contribution in [0.3, 0.4) is 0 Å². The normalized spacial score (nSPS) is 11.1. The largest absolute Gasteiger partial charge is 0.240 e. The van der Waals surface area contributed by atoms with Crippen LogP contribution < -0.4 is 4.72 Å². The first kappa shape index (κ1) is 15.2. The van der Waals surface area contributed by atoms with Gasteiger partial charge < -0.3 is 0 Å². The van der Waals surface area contributed by atoms with Crippen LogP contribution in [0.4, 0.5) is 0 Å². The predicted molar refractivity (Wildman–Crippen MR) is 73.7 cm³/mol. The molecule has 0 aromatic heterocycles. The molecule has 0 spiro atoms. The van der Waals surface area contributed by atoms with E-state index in [1.165, 1.54) is 0 Å². The van der Waals surface area contributed by atoms with Crippen molar-refractivity contribution in [3.05, 3.63) is 29.8 Å². The predicted octanol–water partition coefficient (Wildman–Crippen LogP) is 2.55. The Morgan fingerprint density at radius 3 is 2.44 bits per heavy atom. The van der Waals surface area contributed by atoms with Gasteiger partial charge >= 0.3 is 0 Å². The van der Waals surface area contributed by atoms with E-state index in [0.29, 0.717) is 31.1 Å². The fourth-order valence-electron chi connectivity index (χ4n) is 1.38. The summed E-state index contributed by atoms with van der Waals surface area (Å²) in [6.07, 6.45) is 1.84. The van der Waals surface area contributed by atoms with Gasteiger partial charge in [-0.15, -0.1) is 0 Å². The summed E-state index contributed by atoms with van der Waals surface area (Å²) in [5, 5.41) is 9.06. The van der Waals surface area contributed by atoms with Crippen LogP contribution in [0.1, 0.15) is 24.8 Å². The Kier molecular flexibility index (Phi) is 6.33. The molecule has 4 nitrogen and oxygen atoms in total. The van der Waals surface area contributed by atoms with Crippen molar-refractivity contribution in [1.29, 1.82) is 5.26 Å². The lowest BCUT2D eigenvalue weighted by atomic mass is 10.2. The molecule has 6 heteroatoms. The second kappa shape index (κ2) is 7.52. The summed E-state index contributed by atoms with van der Waals surface area (Å²) in [5.74, 6) is 0. The number of hydrogen-bond donors (Lipinski definition) is 1. The van der Waals surface area contributed by atoms with Gasteiger partial charge in [-0.25, -0.2) is 13.1 Å². The summed E-state index contributed by atoms with van der Waals surface area (Å²) in [7, 11) is -3.42. The summed E-state index contributed by atoms with van der Waals surface area (Å²) in [6.45, 7) is 0.365. The Morgan fingerprint density at radius 1 is 1.22 bits per heavy atom. The molecule has 0 radical (unpaired) electrons. The second-order valence-electron chi connectivity index (χ2n) is 3.79. The molecule has 0 atom stereocenters. The minimum absolute atomic E-state index is 0.271. The van der Waals surface area contributed by atoms with E-state index in [1.54, 1.807) is 24.3 Å². The molecule has 0 fully saturated rings. The third-order valence-corrected chi connectivity index (χ3v) is 4.52. The third-order valence-electron chi connectivity index (χ3n) is 2.40. The van der Waals surface area contributed by atoms with Crippen LogP contribution in [-0.2, 0) is 15.4 Å². The summed E-state index contributed by atoms with van der Waals surface area (Å²) in [6, 6.07) is 8.76. The maximum absolute atomic E-state index is 11.9. The smallest absolute Gasteiger partial charge is 0.211 e. The Hall–Kier alpha value is -0.900. The van der Waals surface area contributed by atoms with Gasteiger partial charge in [0.1, 0.15) is 0 Å². The van der Waals surface area contributed by atoms with E-state index in [4.69, 9.17) is 5.26 Å². The fourth-order valence-corrected chi connectivity index (χ4v) is 2.82. The Balaban J connectivity index is 2.55. The number of halogens is 1. The van der Waals surface area contributed by atoms with Gasteiger partial charge in [0.05, 0.1) is 11.0 Å². The zero-order valence-electron chi connectivity index (χ0n) is 9.89.